The first-order chi connectivity index (χ1) is 9.07. The van der Waals surface area contributed by atoms with Gasteiger partial charge in [-0.1, -0.05) is 6.92 Å². The van der Waals surface area contributed by atoms with E-state index in [0.717, 1.165) is 32.4 Å². The number of benzene rings is 1. The van der Waals surface area contributed by atoms with Gasteiger partial charge in [0.1, 0.15) is 5.82 Å². The van der Waals surface area contributed by atoms with Gasteiger partial charge in [-0.2, -0.15) is 0 Å². The van der Waals surface area contributed by atoms with E-state index in [9.17, 15) is 9.18 Å². The highest BCUT2D eigenvalue weighted by Gasteiger charge is 2.37. The minimum atomic E-state index is -0.352. The van der Waals surface area contributed by atoms with Gasteiger partial charge in [0.25, 0.3) is 0 Å². The third-order valence-electron chi connectivity index (χ3n) is 3.90. The van der Waals surface area contributed by atoms with Gasteiger partial charge >= 0.3 is 0 Å². The Kier molecular flexibility index (Phi) is 4.58. The minimum absolute atomic E-state index is 0.0113. The molecule has 1 aliphatic rings. The van der Waals surface area contributed by atoms with Crippen LogP contribution in [-0.2, 0) is 4.79 Å². The summed E-state index contributed by atoms with van der Waals surface area (Å²) < 4.78 is 13.9. The summed E-state index contributed by atoms with van der Waals surface area (Å²) in [6.45, 7) is 3.74. The fraction of sp³-hybridized carbons (Fsp3) is 0.500. The van der Waals surface area contributed by atoms with E-state index in [0.29, 0.717) is 10.2 Å². The van der Waals surface area contributed by atoms with Crippen LogP contribution in [-0.4, -0.2) is 19.0 Å². The SMILES string of the molecule is CCC1(C(=O)Nc2cc(F)ccc2Br)CCNCC1. The molecule has 1 saturated heterocycles. The molecule has 0 radical (unpaired) electrons. The van der Waals surface area contributed by atoms with Crippen molar-refractivity contribution in [1.29, 1.82) is 0 Å². The van der Waals surface area contributed by atoms with Crippen LogP contribution in [0.3, 0.4) is 0 Å². The molecule has 3 nitrogen and oxygen atoms in total. The van der Waals surface area contributed by atoms with Crippen molar-refractivity contribution in [2.75, 3.05) is 18.4 Å². The Labute approximate surface area is 121 Å². The van der Waals surface area contributed by atoms with Gasteiger partial charge in [-0.05, 0) is 66.5 Å². The molecule has 19 heavy (non-hydrogen) atoms. The van der Waals surface area contributed by atoms with Gasteiger partial charge in [-0.3, -0.25) is 4.79 Å². The molecule has 0 spiro atoms. The van der Waals surface area contributed by atoms with Gasteiger partial charge in [0.05, 0.1) is 11.1 Å². The number of rotatable bonds is 3. The lowest BCUT2D eigenvalue weighted by Gasteiger charge is -2.35. The summed E-state index contributed by atoms with van der Waals surface area (Å²) in [6.07, 6.45) is 2.44. The van der Waals surface area contributed by atoms with Crippen molar-refractivity contribution in [3.8, 4) is 0 Å². The number of amides is 1. The van der Waals surface area contributed by atoms with E-state index in [1.807, 2.05) is 6.92 Å². The zero-order valence-electron chi connectivity index (χ0n) is 10.9. The third kappa shape index (κ3) is 3.15. The highest BCUT2D eigenvalue weighted by molar-refractivity contribution is 9.10. The van der Waals surface area contributed by atoms with E-state index < -0.39 is 0 Å². The van der Waals surface area contributed by atoms with Crippen LogP contribution in [0.1, 0.15) is 26.2 Å². The Morgan fingerprint density at radius 1 is 1.47 bits per heavy atom. The van der Waals surface area contributed by atoms with Crippen LogP contribution in [0.25, 0.3) is 0 Å². The number of carbonyl (C=O) groups is 1. The van der Waals surface area contributed by atoms with E-state index in [4.69, 9.17) is 0 Å². The Morgan fingerprint density at radius 3 is 2.79 bits per heavy atom. The molecule has 2 rings (SSSR count). The second-order valence-corrected chi connectivity index (χ2v) is 5.82. The molecular weight excluding hydrogens is 311 g/mol. The van der Waals surface area contributed by atoms with Gasteiger partial charge in [0.15, 0.2) is 0 Å². The quantitative estimate of drug-likeness (QED) is 0.893. The van der Waals surface area contributed by atoms with E-state index in [2.05, 4.69) is 26.6 Å². The van der Waals surface area contributed by atoms with Crippen molar-refractivity contribution in [3.05, 3.63) is 28.5 Å². The Balaban J connectivity index is 2.17. The van der Waals surface area contributed by atoms with Gasteiger partial charge < -0.3 is 10.6 Å². The molecule has 1 fully saturated rings. The highest BCUT2D eigenvalue weighted by atomic mass is 79.9. The molecule has 104 valence electrons. The summed E-state index contributed by atoms with van der Waals surface area (Å²) in [5.74, 6) is -0.364. The summed E-state index contributed by atoms with van der Waals surface area (Å²) in [5, 5.41) is 6.12. The van der Waals surface area contributed by atoms with Gasteiger partial charge in [0, 0.05) is 4.47 Å². The molecule has 0 saturated carbocycles. The van der Waals surface area contributed by atoms with Crippen molar-refractivity contribution < 1.29 is 9.18 Å². The average molecular weight is 329 g/mol. The maximum absolute atomic E-state index is 13.2. The summed E-state index contributed by atoms with van der Waals surface area (Å²) in [4.78, 5) is 12.5. The van der Waals surface area contributed by atoms with E-state index in [1.165, 1.54) is 12.1 Å². The molecule has 0 bridgehead atoms. The smallest absolute Gasteiger partial charge is 0.230 e. The first kappa shape index (κ1) is 14.5. The van der Waals surface area contributed by atoms with Crippen LogP contribution in [0.2, 0.25) is 0 Å². The number of hydrogen-bond donors (Lipinski definition) is 2. The van der Waals surface area contributed by atoms with Crippen molar-refractivity contribution in [2.45, 2.75) is 26.2 Å². The molecule has 5 heteroatoms. The fourth-order valence-electron chi connectivity index (χ4n) is 2.49. The highest BCUT2D eigenvalue weighted by Crippen LogP contribution is 2.35. The van der Waals surface area contributed by atoms with E-state index in [-0.39, 0.29) is 17.1 Å². The number of anilines is 1. The molecule has 1 heterocycles. The number of piperidine rings is 1. The average Bonchev–Trinajstić information content (AvgIpc) is 2.43. The minimum Gasteiger partial charge on any atom is -0.324 e. The monoisotopic (exact) mass is 328 g/mol. The molecule has 0 atom stereocenters. The van der Waals surface area contributed by atoms with Crippen molar-refractivity contribution in [3.63, 3.8) is 0 Å². The Hall–Kier alpha value is -0.940. The topological polar surface area (TPSA) is 41.1 Å². The summed E-state index contributed by atoms with van der Waals surface area (Å²) >= 11 is 3.33. The van der Waals surface area contributed by atoms with Crippen molar-refractivity contribution >= 4 is 27.5 Å². The molecule has 0 unspecified atom stereocenters. The third-order valence-corrected chi connectivity index (χ3v) is 4.59. The molecule has 1 amide bonds. The maximum Gasteiger partial charge on any atom is 0.230 e. The molecule has 2 N–H and O–H groups in total. The molecule has 0 aliphatic carbocycles. The molecule has 0 aromatic heterocycles. The number of halogens is 2. The summed E-state index contributed by atoms with van der Waals surface area (Å²) in [5.41, 5.74) is 0.160. The van der Waals surface area contributed by atoms with Crippen LogP contribution in [0, 0.1) is 11.2 Å². The molecular formula is C14H18BrFN2O. The van der Waals surface area contributed by atoms with Crippen LogP contribution >= 0.6 is 15.9 Å². The Bertz CT molecular complexity index is 473. The van der Waals surface area contributed by atoms with Crippen LogP contribution < -0.4 is 10.6 Å². The van der Waals surface area contributed by atoms with Crippen molar-refractivity contribution in [1.82, 2.24) is 5.32 Å². The maximum atomic E-state index is 13.2. The van der Waals surface area contributed by atoms with Crippen LogP contribution in [0.15, 0.2) is 22.7 Å². The standard InChI is InChI=1S/C14H18BrFN2O/c1-2-14(5-7-17-8-6-14)13(19)18-12-9-10(16)3-4-11(12)15/h3-4,9,17H,2,5-8H2,1H3,(H,18,19). The van der Waals surface area contributed by atoms with Gasteiger partial charge in [-0.25, -0.2) is 4.39 Å². The van der Waals surface area contributed by atoms with Crippen LogP contribution in [0.5, 0.6) is 0 Å². The molecule has 1 aromatic carbocycles. The normalized spacial score (nSPS) is 18.1. The molecule has 1 aliphatic heterocycles. The Morgan fingerprint density at radius 2 is 2.16 bits per heavy atom. The van der Waals surface area contributed by atoms with Gasteiger partial charge in [-0.15, -0.1) is 0 Å². The predicted octanol–water partition coefficient (Wildman–Crippen LogP) is 3.31. The lowest BCUT2D eigenvalue weighted by atomic mass is 9.76. The second kappa shape index (κ2) is 6.01. The second-order valence-electron chi connectivity index (χ2n) is 4.96. The first-order valence-electron chi connectivity index (χ1n) is 6.54. The predicted molar refractivity (Wildman–Crippen MR) is 77.6 cm³/mol. The number of carbonyl (C=O) groups excluding carboxylic acids is 1. The number of nitrogens with one attached hydrogen (secondary N) is 2. The van der Waals surface area contributed by atoms with E-state index in [1.54, 1.807) is 6.07 Å². The largest absolute Gasteiger partial charge is 0.324 e. The zero-order valence-corrected chi connectivity index (χ0v) is 12.5. The van der Waals surface area contributed by atoms with Crippen molar-refractivity contribution in [2.24, 2.45) is 5.41 Å². The fourth-order valence-corrected chi connectivity index (χ4v) is 2.84. The lowest BCUT2D eigenvalue weighted by Crippen LogP contribution is -2.44. The lowest BCUT2D eigenvalue weighted by molar-refractivity contribution is -0.127. The zero-order chi connectivity index (χ0) is 13.9. The van der Waals surface area contributed by atoms with E-state index >= 15 is 0 Å². The number of hydrogen-bond acceptors (Lipinski definition) is 2. The molecule has 1 aromatic rings. The van der Waals surface area contributed by atoms with Crippen LogP contribution in [0.4, 0.5) is 10.1 Å². The van der Waals surface area contributed by atoms with Gasteiger partial charge in [0.2, 0.25) is 5.91 Å². The summed E-state index contributed by atoms with van der Waals surface area (Å²) in [7, 11) is 0. The summed E-state index contributed by atoms with van der Waals surface area (Å²) in [6, 6.07) is 4.30. The first-order valence-corrected chi connectivity index (χ1v) is 7.34.